The van der Waals surface area contributed by atoms with E-state index in [4.69, 9.17) is 4.74 Å². The Morgan fingerprint density at radius 1 is 0.951 bits per heavy atom. The fourth-order valence-corrected chi connectivity index (χ4v) is 8.57. The summed E-state index contributed by atoms with van der Waals surface area (Å²) in [5, 5.41) is -0.0954. The number of ether oxygens (including phenoxy) is 1. The van der Waals surface area contributed by atoms with E-state index >= 15 is 0 Å². The SMILES string of the molecule is Cc1ccc(N2C(=O)[C@H]3[C@H](c4ccc(C(C)(C)C)cc4)c4sc(=O)n(CC(=O)N5CCOCC5)c4S[C@H]3C2=O)cc1. The third-order valence-electron chi connectivity index (χ3n) is 8.13. The average Bonchev–Trinajstić information content (AvgIpc) is 3.40. The molecule has 2 aromatic carbocycles. The molecule has 0 aliphatic carbocycles. The van der Waals surface area contributed by atoms with Crippen LogP contribution in [0.25, 0.3) is 0 Å². The van der Waals surface area contributed by atoms with Gasteiger partial charge in [0.2, 0.25) is 17.7 Å². The van der Waals surface area contributed by atoms with Crippen molar-refractivity contribution >= 4 is 46.5 Å². The minimum Gasteiger partial charge on any atom is -0.378 e. The molecule has 2 fully saturated rings. The number of amides is 3. The topological polar surface area (TPSA) is 88.9 Å². The van der Waals surface area contributed by atoms with Gasteiger partial charge in [-0.15, -0.1) is 0 Å². The molecule has 0 spiro atoms. The molecule has 4 heterocycles. The highest BCUT2D eigenvalue weighted by atomic mass is 32.2. The highest BCUT2D eigenvalue weighted by Crippen LogP contribution is 2.54. The van der Waals surface area contributed by atoms with Gasteiger partial charge in [0, 0.05) is 23.9 Å². The van der Waals surface area contributed by atoms with Crippen LogP contribution in [0.3, 0.4) is 0 Å². The number of hydrogen-bond acceptors (Lipinski definition) is 7. The lowest BCUT2D eigenvalue weighted by Crippen LogP contribution is -2.43. The molecule has 3 atom stereocenters. The molecule has 1 aromatic heterocycles. The van der Waals surface area contributed by atoms with Crippen LogP contribution in [0.15, 0.2) is 58.4 Å². The van der Waals surface area contributed by atoms with Gasteiger partial charge in [0.1, 0.15) is 11.8 Å². The summed E-state index contributed by atoms with van der Waals surface area (Å²) in [6, 6.07) is 15.5. The number of nitrogens with zero attached hydrogens (tertiary/aromatic N) is 3. The number of aryl methyl sites for hydroxylation is 1. The van der Waals surface area contributed by atoms with Gasteiger partial charge in [0.05, 0.1) is 29.8 Å². The van der Waals surface area contributed by atoms with Crippen molar-refractivity contribution in [3.05, 3.63) is 79.8 Å². The van der Waals surface area contributed by atoms with Gasteiger partial charge >= 0.3 is 4.87 Å². The second-order valence-electron chi connectivity index (χ2n) is 11.9. The van der Waals surface area contributed by atoms with Crippen LogP contribution >= 0.6 is 23.1 Å². The third kappa shape index (κ3) is 4.96. The Morgan fingerprint density at radius 3 is 2.24 bits per heavy atom. The summed E-state index contributed by atoms with van der Waals surface area (Å²) in [6.45, 7) is 10.2. The Balaban J connectivity index is 1.44. The third-order valence-corrected chi connectivity index (χ3v) is 10.7. The number of aromatic nitrogens is 1. The maximum Gasteiger partial charge on any atom is 0.308 e. The van der Waals surface area contributed by atoms with Gasteiger partial charge in [-0.25, -0.2) is 4.90 Å². The molecule has 2 saturated heterocycles. The van der Waals surface area contributed by atoms with Gasteiger partial charge in [0.25, 0.3) is 0 Å². The molecular weight excluding hydrogens is 558 g/mol. The Hall–Kier alpha value is -3.21. The van der Waals surface area contributed by atoms with Crippen LogP contribution in [0.4, 0.5) is 5.69 Å². The Kier molecular flexibility index (Phi) is 7.20. The summed E-state index contributed by atoms with van der Waals surface area (Å²) < 4.78 is 6.88. The van der Waals surface area contributed by atoms with Crippen LogP contribution in [0.5, 0.6) is 0 Å². The van der Waals surface area contributed by atoms with Crippen molar-refractivity contribution in [2.45, 2.75) is 55.8 Å². The van der Waals surface area contributed by atoms with Crippen LogP contribution in [-0.2, 0) is 31.1 Å². The second kappa shape index (κ2) is 10.6. The zero-order valence-corrected chi connectivity index (χ0v) is 25.2. The van der Waals surface area contributed by atoms with E-state index in [0.717, 1.165) is 32.9 Å². The van der Waals surface area contributed by atoms with Gasteiger partial charge in [-0.2, -0.15) is 0 Å². The highest BCUT2D eigenvalue weighted by Gasteiger charge is 2.56. The lowest BCUT2D eigenvalue weighted by Gasteiger charge is -2.31. The van der Waals surface area contributed by atoms with Gasteiger partial charge in [-0.3, -0.25) is 23.7 Å². The van der Waals surface area contributed by atoms with E-state index < -0.39 is 17.1 Å². The molecule has 10 heteroatoms. The van der Waals surface area contributed by atoms with Gasteiger partial charge < -0.3 is 9.64 Å². The summed E-state index contributed by atoms with van der Waals surface area (Å²) >= 11 is 2.33. The van der Waals surface area contributed by atoms with Crippen molar-refractivity contribution in [2.75, 3.05) is 31.2 Å². The van der Waals surface area contributed by atoms with Crippen molar-refractivity contribution in [3.8, 4) is 0 Å². The van der Waals surface area contributed by atoms with E-state index in [1.54, 1.807) is 17.0 Å². The van der Waals surface area contributed by atoms with Crippen LogP contribution in [0, 0.1) is 12.8 Å². The first-order valence-electron chi connectivity index (χ1n) is 13.8. The van der Waals surface area contributed by atoms with Gasteiger partial charge in [0.15, 0.2) is 0 Å². The number of hydrogen-bond donors (Lipinski definition) is 0. The molecule has 3 aliphatic rings. The smallest absolute Gasteiger partial charge is 0.308 e. The van der Waals surface area contributed by atoms with Crippen molar-refractivity contribution in [2.24, 2.45) is 5.92 Å². The zero-order chi connectivity index (χ0) is 29.1. The molecule has 214 valence electrons. The predicted molar refractivity (Wildman–Crippen MR) is 160 cm³/mol. The molecule has 3 aromatic rings. The minimum absolute atomic E-state index is 0.0516. The van der Waals surface area contributed by atoms with E-state index in [1.807, 2.05) is 31.2 Å². The van der Waals surface area contributed by atoms with Crippen LogP contribution in [-0.4, -0.2) is 58.7 Å². The lowest BCUT2D eigenvalue weighted by molar-refractivity contribution is -0.136. The first-order chi connectivity index (χ1) is 19.5. The maximum absolute atomic E-state index is 14.1. The standard InChI is InChI=1S/C31H33N3O5S2/c1-18-5-11-21(12-6-18)34-27(36)24-23(19-7-9-20(10-8-19)31(2,3)4)26-29(40-25(24)28(34)37)33(30(38)41-26)17-22(35)32-13-15-39-16-14-32/h5-12,23-25H,13-17H2,1-4H3/t23-,24-,25+/m0/s1. The molecular formula is C31H33N3O5S2. The Labute approximate surface area is 247 Å². The maximum atomic E-state index is 14.1. The number of morpholine rings is 1. The zero-order valence-electron chi connectivity index (χ0n) is 23.6. The molecule has 0 bridgehead atoms. The largest absolute Gasteiger partial charge is 0.378 e. The van der Waals surface area contributed by atoms with Crippen molar-refractivity contribution < 1.29 is 19.1 Å². The molecule has 0 N–H and O–H groups in total. The van der Waals surface area contributed by atoms with E-state index in [2.05, 4.69) is 32.9 Å². The number of imide groups is 1. The summed E-state index contributed by atoms with van der Waals surface area (Å²) in [5.74, 6) is -1.85. The normalized spacial score (nSPS) is 22.6. The highest BCUT2D eigenvalue weighted by molar-refractivity contribution is 8.00. The molecule has 3 amide bonds. The fourth-order valence-electron chi connectivity index (χ4n) is 5.80. The summed E-state index contributed by atoms with van der Waals surface area (Å²) in [5.41, 5.74) is 3.57. The summed E-state index contributed by atoms with van der Waals surface area (Å²) in [4.78, 5) is 58.0. The van der Waals surface area contributed by atoms with Crippen molar-refractivity contribution in [1.82, 2.24) is 9.47 Å². The van der Waals surface area contributed by atoms with E-state index in [0.29, 0.717) is 37.0 Å². The van der Waals surface area contributed by atoms with Crippen molar-refractivity contribution in [3.63, 3.8) is 0 Å². The number of anilines is 1. The van der Waals surface area contributed by atoms with Crippen LogP contribution in [0.1, 0.15) is 48.3 Å². The molecule has 0 unspecified atom stereocenters. The summed E-state index contributed by atoms with van der Waals surface area (Å²) in [7, 11) is 0. The minimum atomic E-state index is -0.706. The van der Waals surface area contributed by atoms with Crippen LogP contribution in [0.2, 0.25) is 0 Å². The van der Waals surface area contributed by atoms with Gasteiger partial charge in [-0.1, -0.05) is 85.8 Å². The number of fused-ring (bicyclic) bond motifs is 2. The Bertz CT molecular complexity index is 1560. The average molecular weight is 592 g/mol. The lowest BCUT2D eigenvalue weighted by atomic mass is 9.81. The molecule has 41 heavy (non-hydrogen) atoms. The summed E-state index contributed by atoms with van der Waals surface area (Å²) in [6.07, 6.45) is 0. The Morgan fingerprint density at radius 2 is 1.61 bits per heavy atom. The number of rotatable bonds is 4. The second-order valence-corrected chi connectivity index (χ2v) is 14.0. The van der Waals surface area contributed by atoms with E-state index in [1.165, 1.54) is 21.2 Å². The molecule has 3 aliphatic heterocycles. The fraction of sp³-hybridized carbons (Fsp3) is 0.419. The van der Waals surface area contributed by atoms with Crippen LogP contribution < -0.4 is 9.77 Å². The van der Waals surface area contributed by atoms with Gasteiger partial charge in [-0.05, 0) is 35.6 Å². The van der Waals surface area contributed by atoms with Crippen molar-refractivity contribution in [1.29, 1.82) is 0 Å². The first-order valence-corrected chi connectivity index (χ1v) is 15.5. The number of thioether (sulfide) groups is 1. The number of benzene rings is 2. The number of thiazole rings is 1. The molecule has 6 rings (SSSR count). The predicted octanol–water partition coefficient (Wildman–Crippen LogP) is 4.17. The first kappa shape index (κ1) is 27.9. The number of carbonyl (C=O) groups is 3. The monoisotopic (exact) mass is 591 g/mol. The number of carbonyl (C=O) groups excluding carboxylic acids is 3. The quantitative estimate of drug-likeness (QED) is 0.424. The van der Waals surface area contributed by atoms with E-state index in [9.17, 15) is 19.2 Å². The molecule has 8 nitrogen and oxygen atoms in total. The van der Waals surface area contributed by atoms with E-state index in [-0.39, 0.29) is 34.6 Å². The molecule has 0 saturated carbocycles. The molecule has 0 radical (unpaired) electrons.